The van der Waals surface area contributed by atoms with Crippen molar-refractivity contribution in [3.05, 3.63) is 100 Å². The van der Waals surface area contributed by atoms with Gasteiger partial charge in [0, 0.05) is 5.69 Å². The van der Waals surface area contributed by atoms with E-state index in [-0.39, 0.29) is 5.02 Å². The predicted molar refractivity (Wildman–Crippen MR) is 113 cm³/mol. The summed E-state index contributed by atoms with van der Waals surface area (Å²) >= 11 is 11.8. The third-order valence-electron chi connectivity index (χ3n) is 4.18. The molecule has 0 atom stereocenters. The van der Waals surface area contributed by atoms with E-state index in [2.05, 4.69) is 16.2 Å². The number of carbonyl (C=O) groups excluding carboxylic acids is 2. The maximum Gasteiger partial charge on any atom is 0.337 e. The van der Waals surface area contributed by atoms with Crippen LogP contribution in [0.1, 0.15) is 11.1 Å². The van der Waals surface area contributed by atoms with Crippen molar-refractivity contribution >= 4 is 40.8 Å². The van der Waals surface area contributed by atoms with E-state index in [4.69, 9.17) is 23.2 Å². The molecule has 0 saturated heterocycles. The van der Waals surface area contributed by atoms with Crippen LogP contribution >= 0.6 is 23.2 Å². The molecule has 3 amide bonds. The Morgan fingerprint density at radius 2 is 1.31 bits per heavy atom. The third-order valence-corrected chi connectivity index (χ3v) is 4.92. The highest BCUT2D eigenvalue weighted by atomic mass is 35.5. The lowest BCUT2D eigenvalue weighted by atomic mass is 9.85. The van der Waals surface area contributed by atoms with Gasteiger partial charge in [0.2, 0.25) is 0 Å². The molecule has 3 aromatic carbocycles. The molecule has 0 aromatic heterocycles. The molecule has 4 N–H and O–H groups in total. The molecule has 29 heavy (non-hydrogen) atoms. The maximum absolute atomic E-state index is 12.9. The summed E-state index contributed by atoms with van der Waals surface area (Å²) in [5, 5.41) is 14.4. The molecule has 148 valence electrons. The van der Waals surface area contributed by atoms with Crippen LogP contribution in [0.2, 0.25) is 10.0 Å². The average molecular weight is 430 g/mol. The van der Waals surface area contributed by atoms with E-state index in [1.165, 1.54) is 12.1 Å². The minimum Gasteiger partial charge on any atom is -0.372 e. The van der Waals surface area contributed by atoms with E-state index in [1.54, 1.807) is 66.7 Å². The lowest BCUT2D eigenvalue weighted by Crippen LogP contribution is -2.53. The van der Waals surface area contributed by atoms with Gasteiger partial charge in [-0.1, -0.05) is 83.9 Å². The van der Waals surface area contributed by atoms with Crippen LogP contribution in [0.3, 0.4) is 0 Å². The summed E-state index contributed by atoms with van der Waals surface area (Å²) in [7, 11) is 0. The van der Waals surface area contributed by atoms with Gasteiger partial charge in [0.15, 0.2) is 5.60 Å². The van der Waals surface area contributed by atoms with Crippen molar-refractivity contribution in [1.29, 1.82) is 0 Å². The number of halogens is 2. The highest BCUT2D eigenvalue weighted by Crippen LogP contribution is 2.29. The van der Waals surface area contributed by atoms with Gasteiger partial charge in [-0.3, -0.25) is 10.2 Å². The molecule has 8 heteroatoms. The van der Waals surface area contributed by atoms with Crippen LogP contribution in [-0.2, 0) is 10.4 Å². The minimum absolute atomic E-state index is 0.274. The van der Waals surface area contributed by atoms with E-state index in [9.17, 15) is 14.7 Å². The summed E-state index contributed by atoms with van der Waals surface area (Å²) in [5.41, 5.74) is 3.58. The number of hydrogen-bond donors (Lipinski definition) is 4. The molecule has 0 saturated carbocycles. The first kappa shape index (κ1) is 20.7. The first-order chi connectivity index (χ1) is 13.9. The molecule has 0 unspecified atom stereocenters. The Labute approximate surface area is 177 Å². The van der Waals surface area contributed by atoms with Crippen molar-refractivity contribution in [2.75, 3.05) is 5.32 Å². The number of rotatable bonds is 4. The third kappa shape index (κ3) is 4.68. The van der Waals surface area contributed by atoms with Crippen LogP contribution < -0.4 is 16.2 Å². The predicted octanol–water partition coefficient (Wildman–Crippen LogP) is 4.08. The Morgan fingerprint density at radius 3 is 1.83 bits per heavy atom. The summed E-state index contributed by atoms with van der Waals surface area (Å²) in [4.78, 5) is 25.0. The SMILES string of the molecule is O=C(NNC(=O)C(O)(c1ccccc1)c1ccccc1)Nc1ccc(Cl)c(Cl)c1. The van der Waals surface area contributed by atoms with Gasteiger partial charge in [0.25, 0.3) is 5.91 Å². The molecule has 6 nitrogen and oxygen atoms in total. The summed E-state index contributed by atoms with van der Waals surface area (Å²) in [5.74, 6) is -0.820. The molecule has 0 heterocycles. The molecule has 0 aliphatic heterocycles. The number of anilines is 1. The van der Waals surface area contributed by atoms with Gasteiger partial charge in [-0.05, 0) is 29.3 Å². The van der Waals surface area contributed by atoms with Crippen LogP contribution in [0.25, 0.3) is 0 Å². The fourth-order valence-electron chi connectivity index (χ4n) is 2.73. The van der Waals surface area contributed by atoms with Crippen LogP contribution in [0.4, 0.5) is 10.5 Å². The summed E-state index contributed by atoms with van der Waals surface area (Å²) < 4.78 is 0. The number of benzene rings is 3. The lowest BCUT2D eigenvalue weighted by Gasteiger charge is -2.28. The molecular weight excluding hydrogens is 413 g/mol. The molecule has 0 spiro atoms. The van der Waals surface area contributed by atoms with Gasteiger partial charge in [0.1, 0.15) is 0 Å². The minimum atomic E-state index is -2.00. The van der Waals surface area contributed by atoms with Crippen molar-refractivity contribution in [3.63, 3.8) is 0 Å². The number of aliphatic hydroxyl groups is 1. The zero-order valence-electron chi connectivity index (χ0n) is 15.0. The quantitative estimate of drug-likeness (QED) is 0.470. The molecule has 3 aromatic rings. The van der Waals surface area contributed by atoms with E-state index in [0.29, 0.717) is 21.8 Å². The molecule has 0 bridgehead atoms. The lowest BCUT2D eigenvalue weighted by molar-refractivity contribution is -0.137. The number of amides is 3. The van der Waals surface area contributed by atoms with Crippen LogP contribution in [0.15, 0.2) is 78.9 Å². The molecule has 0 radical (unpaired) electrons. The van der Waals surface area contributed by atoms with E-state index in [1.807, 2.05) is 0 Å². The van der Waals surface area contributed by atoms with Crippen LogP contribution in [-0.4, -0.2) is 17.0 Å². The smallest absolute Gasteiger partial charge is 0.337 e. The highest BCUT2D eigenvalue weighted by Gasteiger charge is 2.40. The van der Waals surface area contributed by atoms with Crippen LogP contribution in [0, 0.1) is 0 Å². The first-order valence-electron chi connectivity index (χ1n) is 8.57. The van der Waals surface area contributed by atoms with Crippen molar-refractivity contribution < 1.29 is 14.7 Å². The van der Waals surface area contributed by atoms with Crippen molar-refractivity contribution in [3.8, 4) is 0 Å². The number of hydrazine groups is 1. The number of hydrogen-bond acceptors (Lipinski definition) is 3. The number of urea groups is 1. The van der Waals surface area contributed by atoms with Gasteiger partial charge in [0.05, 0.1) is 10.0 Å². The van der Waals surface area contributed by atoms with Crippen molar-refractivity contribution in [1.82, 2.24) is 10.9 Å². The molecular formula is C21H17Cl2N3O3. The molecule has 0 aliphatic carbocycles. The fourth-order valence-corrected chi connectivity index (χ4v) is 3.03. The van der Waals surface area contributed by atoms with Crippen molar-refractivity contribution in [2.24, 2.45) is 0 Å². The summed E-state index contributed by atoms with van der Waals surface area (Å²) in [6, 6.07) is 20.7. The van der Waals surface area contributed by atoms with Crippen molar-refractivity contribution in [2.45, 2.75) is 5.60 Å². The second-order valence-corrected chi connectivity index (χ2v) is 6.92. The highest BCUT2D eigenvalue weighted by molar-refractivity contribution is 6.42. The van der Waals surface area contributed by atoms with Gasteiger partial charge >= 0.3 is 6.03 Å². The molecule has 0 fully saturated rings. The van der Waals surface area contributed by atoms with Gasteiger partial charge in [-0.15, -0.1) is 0 Å². The fraction of sp³-hybridized carbons (Fsp3) is 0.0476. The van der Waals surface area contributed by atoms with E-state index < -0.39 is 17.5 Å². The Balaban J connectivity index is 1.75. The van der Waals surface area contributed by atoms with E-state index >= 15 is 0 Å². The topological polar surface area (TPSA) is 90.5 Å². The largest absolute Gasteiger partial charge is 0.372 e. The Kier molecular flexibility index (Phi) is 6.39. The standard InChI is InChI=1S/C21H17Cl2N3O3/c22-17-12-11-16(13-18(17)23)24-20(28)26-25-19(27)21(29,14-7-3-1-4-8-14)15-9-5-2-6-10-15/h1-13,29H,(H,25,27)(H2,24,26,28). The summed E-state index contributed by atoms with van der Waals surface area (Å²) in [6.07, 6.45) is 0. The van der Waals surface area contributed by atoms with Crippen LogP contribution in [0.5, 0.6) is 0 Å². The Hall–Kier alpha value is -3.06. The maximum atomic E-state index is 12.9. The Bertz CT molecular complexity index is 975. The zero-order valence-corrected chi connectivity index (χ0v) is 16.5. The van der Waals surface area contributed by atoms with Gasteiger partial charge < -0.3 is 10.4 Å². The second kappa shape index (κ2) is 8.96. The normalized spacial score (nSPS) is 10.9. The zero-order chi connectivity index (χ0) is 20.9. The molecule has 3 rings (SSSR count). The monoisotopic (exact) mass is 429 g/mol. The van der Waals surface area contributed by atoms with Gasteiger partial charge in [-0.2, -0.15) is 0 Å². The average Bonchev–Trinajstić information content (AvgIpc) is 2.75. The first-order valence-corrected chi connectivity index (χ1v) is 9.33. The summed E-state index contributed by atoms with van der Waals surface area (Å²) in [6.45, 7) is 0. The number of nitrogens with one attached hydrogen (secondary N) is 3. The van der Waals surface area contributed by atoms with Gasteiger partial charge in [-0.25, -0.2) is 10.2 Å². The second-order valence-electron chi connectivity index (χ2n) is 6.10. The van der Waals surface area contributed by atoms with E-state index in [0.717, 1.165) is 0 Å². The number of carbonyl (C=O) groups is 2. The Morgan fingerprint density at radius 1 is 0.759 bits per heavy atom. The molecule has 0 aliphatic rings.